The molecule has 0 spiro atoms. The second-order valence-electron chi connectivity index (χ2n) is 5.59. The van der Waals surface area contributed by atoms with Crippen LogP contribution in [0.25, 0.3) is 27.9 Å². The molecule has 0 radical (unpaired) electrons. The number of para-hydroxylation sites is 2. The monoisotopic (exact) mass is 283 g/mol. The Kier molecular flexibility index (Phi) is 3.05. The van der Waals surface area contributed by atoms with Crippen molar-refractivity contribution in [1.29, 1.82) is 0 Å². The van der Waals surface area contributed by atoms with Crippen LogP contribution in [0.2, 0.25) is 0 Å². The Morgan fingerprint density at radius 2 is 1.50 bits per heavy atom. The highest BCUT2D eigenvalue weighted by Crippen LogP contribution is 2.29. The summed E-state index contributed by atoms with van der Waals surface area (Å²) in [5.41, 5.74) is 6.27. The molecule has 0 bridgehead atoms. The van der Waals surface area contributed by atoms with Gasteiger partial charge in [0.05, 0.1) is 5.52 Å². The number of nitrogens with one attached hydrogen (secondary N) is 1. The van der Waals surface area contributed by atoms with Gasteiger partial charge in [-0.3, -0.25) is 0 Å². The number of fused-ring (bicyclic) bond motifs is 3. The number of aromatic amines is 1. The first-order valence-corrected chi connectivity index (χ1v) is 7.55. The maximum absolute atomic E-state index is 3.92. The van der Waals surface area contributed by atoms with E-state index in [1.54, 1.807) is 0 Å². The number of aromatic nitrogens is 1. The number of hydrogen-bond acceptors (Lipinski definition) is 0. The van der Waals surface area contributed by atoms with Crippen molar-refractivity contribution in [2.45, 2.75) is 6.42 Å². The predicted octanol–water partition coefficient (Wildman–Crippen LogP) is 5.55. The Morgan fingerprint density at radius 3 is 2.41 bits per heavy atom. The molecule has 0 aliphatic carbocycles. The van der Waals surface area contributed by atoms with Crippen LogP contribution in [0.4, 0.5) is 0 Å². The van der Waals surface area contributed by atoms with Crippen molar-refractivity contribution in [1.82, 2.24) is 4.98 Å². The van der Waals surface area contributed by atoms with Crippen LogP contribution >= 0.6 is 0 Å². The third-order valence-corrected chi connectivity index (χ3v) is 4.28. The number of benzene rings is 3. The number of H-pyrrole nitrogens is 1. The summed E-state index contributed by atoms with van der Waals surface area (Å²) >= 11 is 0. The number of hydrogen-bond donors (Lipinski definition) is 1. The third-order valence-electron chi connectivity index (χ3n) is 4.28. The van der Waals surface area contributed by atoms with E-state index in [0.717, 1.165) is 6.42 Å². The topological polar surface area (TPSA) is 15.8 Å². The first-order valence-electron chi connectivity index (χ1n) is 7.55. The van der Waals surface area contributed by atoms with Gasteiger partial charge >= 0.3 is 0 Å². The minimum absolute atomic E-state index is 0.909. The Balaban J connectivity index is 1.90. The van der Waals surface area contributed by atoms with Gasteiger partial charge in [0.1, 0.15) is 0 Å². The van der Waals surface area contributed by atoms with Crippen LogP contribution in [0.1, 0.15) is 16.7 Å². The van der Waals surface area contributed by atoms with Crippen molar-refractivity contribution in [3.8, 4) is 0 Å². The molecule has 0 saturated carbocycles. The lowest BCUT2D eigenvalue weighted by molar-refractivity contribution is 1.20. The summed E-state index contributed by atoms with van der Waals surface area (Å²) in [4.78, 5) is 3.58. The summed E-state index contributed by atoms with van der Waals surface area (Å²) in [7, 11) is 0. The summed E-state index contributed by atoms with van der Waals surface area (Å²) < 4.78 is 0. The molecule has 4 aromatic rings. The van der Waals surface area contributed by atoms with Crippen molar-refractivity contribution >= 4 is 27.9 Å². The first-order chi connectivity index (χ1) is 10.9. The zero-order valence-electron chi connectivity index (χ0n) is 12.3. The largest absolute Gasteiger partial charge is 0.354 e. The summed E-state index contributed by atoms with van der Waals surface area (Å²) in [5.74, 6) is 0. The van der Waals surface area contributed by atoms with Crippen molar-refractivity contribution in [3.63, 3.8) is 0 Å². The van der Waals surface area contributed by atoms with E-state index in [-0.39, 0.29) is 0 Å². The zero-order valence-corrected chi connectivity index (χ0v) is 12.3. The van der Waals surface area contributed by atoms with Gasteiger partial charge in [-0.25, -0.2) is 0 Å². The van der Waals surface area contributed by atoms with E-state index in [1.165, 1.54) is 38.5 Å². The average molecular weight is 283 g/mol. The molecule has 0 aliphatic heterocycles. The molecule has 0 amide bonds. The van der Waals surface area contributed by atoms with E-state index in [4.69, 9.17) is 0 Å². The second-order valence-corrected chi connectivity index (χ2v) is 5.59. The van der Waals surface area contributed by atoms with Gasteiger partial charge in [0.2, 0.25) is 0 Å². The van der Waals surface area contributed by atoms with E-state index in [0.29, 0.717) is 0 Å². The Bertz CT molecular complexity index is 975. The molecule has 1 N–H and O–H groups in total. The Hall–Kier alpha value is -2.80. The van der Waals surface area contributed by atoms with Gasteiger partial charge in [-0.05, 0) is 22.8 Å². The van der Waals surface area contributed by atoms with Crippen molar-refractivity contribution < 1.29 is 0 Å². The Labute approximate surface area is 129 Å². The van der Waals surface area contributed by atoms with Crippen LogP contribution in [0, 0.1) is 0 Å². The van der Waals surface area contributed by atoms with Crippen molar-refractivity contribution in [3.05, 3.63) is 90.0 Å². The van der Waals surface area contributed by atoms with E-state index in [2.05, 4.69) is 78.3 Å². The highest BCUT2D eigenvalue weighted by molar-refractivity contribution is 6.08. The van der Waals surface area contributed by atoms with Crippen LogP contribution in [-0.2, 0) is 6.42 Å². The van der Waals surface area contributed by atoms with E-state index < -0.39 is 0 Å². The maximum Gasteiger partial charge on any atom is 0.0500 e. The molecular weight excluding hydrogens is 266 g/mol. The van der Waals surface area contributed by atoms with E-state index >= 15 is 0 Å². The minimum Gasteiger partial charge on any atom is -0.354 e. The molecule has 22 heavy (non-hydrogen) atoms. The van der Waals surface area contributed by atoms with Gasteiger partial charge in [-0.2, -0.15) is 0 Å². The lowest BCUT2D eigenvalue weighted by Gasteiger charge is -2.07. The van der Waals surface area contributed by atoms with Crippen molar-refractivity contribution in [2.75, 3.05) is 0 Å². The standard InChI is InChI=1S/C21H17N/c1-2-15-8-3-4-9-16(15)14-17-10-7-12-19-18-11-5-6-13-20(18)22-21(17)19/h2-13,22H,1,14H2. The van der Waals surface area contributed by atoms with Crippen LogP contribution in [-0.4, -0.2) is 4.98 Å². The molecule has 1 nitrogen and oxygen atoms in total. The maximum atomic E-state index is 3.92. The third kappa shape index (κ3) is 2.03. The molecule has 4 rings (SSSR count). The van der Waals surface area contributed by atoms with Crippen LogP contribution in [0.3, 0.4) is 0 Å². The molecule has 0 unspecified atom stereocenters. The molecule has 0 aliphatic rings. The summed E-state index contributed by atoms with van der Waals surface area (Å²) in [5, 5.41) is 2.58. The van der Waals surface area contributed by atoms with Crippen LogP contribution in [0.5, 0.6) is 0 Å². The predicted molar refractivity (Wildman–Crippen MR) is 95.1 cm³/mol. The normalized spacial score (nSPS) is 11.1. The molecule has 106 valence electrons. The SMILES string of the molecule is C=Cc1ccccc1Cc1cccc2c1[nH]c1ccccc12. The van der Waals surface area contributed by atoms with E-state index in [1.807, 2.05) is 6.08 Å². The van der Waals surface area contributed by atoms with Gasteiger partial charge in [-0.15, -0.1) is 0 Å². The molecule has 1 heterocycles. The fourth-order valence-corrected chi connectivity index (χ4v) is 3.18. The number of rotatable bonds is 3. The molecule has 3 aromatic carbocycles. The lowest BCUT2D eigenvalue weighted by atomic mass is 9.98. The smallest absolute Gasteiger partial charge is 0.0500 e. The highest BCUT2D eigenvalue weighted by atomic mass is 14.7. The van der Waals surface area contributed by atoms with Gasteiger partial charge in [0, 0.05) is 22.7 Å². The average Bonchev–Trinajstić information content (AvgIpc) is 2.95. The second kappa shape index (κ2) is 5.19. The quantitative estimate of drug-likeness (QED) is 0.507. The summed E-state index contributed by atoms with van der Waals surface area (Å²) in [6.45, 7) is 3.92. The van der Waals surface area contributed by atoms with Gasteiger partial charge in [0.15, 0.2) is 0 Å². The molecular formula is C21H17N. The fourth-order valence-electron chi connectivity index (χ4n) is 3.18. The van der Waals surface area contributed by atoms with Gasteiger partial charge in [-0.1, -0.05) is 73.3 Å². The summed E-state index contributed by atoms with van der Waals surface area (Å²) in [6.07, 6.45) is 2.84. The molecule has 0 fully saturated rings. The van der Waals surface area contributed by atoms with E-state index in [9.17, 15) is 0 Å². The lowest BCUT2D eigenvalue weighted by Crippen LogP contribution is -1.92. The zero-order chi connectivity index (χ0) is 14.9. The molecule has 0 atom stereocenters. The van der Waals surface area contributed by atoms with Crippen LogP contribution in [0.15, 0.2) is 73.3 Å². The fraction of sp³-hybridized carbons (Fsp3) is 0.0476. The molecule has 1 aromatic heterocycles. The van der Waals surface area contributed by atoms with Crippen LogP contribution < -0.4 is 0 Å². The summed E-state index contributed by atoms with van der Waals surface area (Å²) in [6, 6.07) is 23.5. The van der Waals surface area contributed by atoms with Crippen molar-refractivity contribution in [2.24, 2.45) is 0 Å². The van der Waals surface area contributed by atoms with Gasteiger partial charge < -0.3 is 4.98 Å². The first kappa shape index (κ1) is 12.9. The molecule has 1 heteroatoms. The Morgan fingerprint density at radius 1 is 0.773 bits per heavy atom. The molecule has 0 saturated heterocycles. The van der Waals surface area contributed by atoms with Gasteiger partial charge in [0.25, 0.3) is 0 Å². The minimum atomic E-state index is 0.909. The highest BCUT2D eigenvalue weighted by Gasteiger charge is 2.09.